The number of esters is 1. The Hall–Kier alpha value is -1.55. The summed E-state index contributed by atoms with van der Waals surface area (Å²) < 4.78 is 11.3. The van der Waals surface area contributed by atoms with Gasteiger partial charge in [0, 0.05) is 0 Å². The number of hydrogen-bond donors (Lipinski definition) is 0. The first-order valence-electron chi connectivity index (χ1n) is 9.72. The molecular weight excluding hydrogens is 323 g/mol. The third-order valence-electron chi connectivity index (χ3n) is 7.12. The second-order valence-electron chi connectivity index (χ2n) is 8.90. The van der Waals surface area contributed by atoms with Crippen LogP contribution in [-0.4, -0.2) is 25.6 Å². The quantitative estimate of drug-likeness (QED) is 0.594. The molecule has 1 aromatic rings. The normalized spacial score (nSPS) is 27.2. The van der Waals surface area contributed by atoms with Gasteiger partial charge in [-0.2, -0.15) is 0 Å². The maximum atomic E-state index is 11.7. The Balaban J connectivity index is 1.74. The van der Waals surface area contributed by atoms with Crippen molar-refractivity contribution in [2.24, 2.45) is 11.3 Å². The zero-order valence-electron chi connectivity index (χ0n) is 17.0. The van der Waals surface area contributed by atoms with Gasteiger partial charge in [0.15, 0.2) is 0 Å². The van der Waals surface area contributed by atoms with E-state index in [-0.39, 0.29) is 29.8 Å². The molecule has 1 saturated heterocycles. The molecule has 2 aliphatic rings. The van der Waals surface area contributed by atoms with E-state index in [1.165, 1.54) is 23.7 Å². The Morgan fingerprint density at radius 2 is 1.85 bits per heavy atom. The fourth-order valence-electron chi connectivity index (χ4n) is 4.22. The summed E-state index contributed by atoms with van der Waals surface area (Å²) in [5.74, 6) is 0.381. The van der Waals surface area contributed by atoms with E-state index < -0.39 is 0 Å². The van der Waals surface area contributed by atoms with Gasteiger partial charge in [0.2, 0.25) is 0 Å². The van der Waals surface area contributed by atoms with Crippen LogP contribution in [0.4, 0.5) is 0 Å². The highest BCUT2D eigenvalue weighted by Crippen LogP contribution is 2.51. The molecule has 1 aliphatic carbocycles. The number of benzene rings is 1. The van der Waals surface area contributed by atoms with Crippen molar-refractivity contribution in [1.29, 1.82) is 0 Å². The van der Waals surface area contributed by atoms with E-state index in [0.717, 1.165) is 19.3 Å². The number of ether oxygens (including phenoxy) is 1. The Morgan fingerprint density at radius 3 is 2.31 bits per heavy atom. The van der Waals surface area contributed by atoms with Crippen LogP contribution in [0.5, 0.6) is 0 Å². The first kappa shape index (κ1) is 19.2. The van der Waals surface area contributed by atoms with Crippen LogP contribution in [-0.2, 0) is 14.2 Å². The van der Waals surface area contributed by atoms with Crippen molar-refractivity contribution in [2.75, 3.05) is 7.11 Å². The van der Waals surface area contributed by atoms with Gasteiger partial charge in [0.25, 0.3) is 0 Å². The Kier molecular flexibility index (Phi) is 5.09. The largest absolute Gasteiger partial charge is 0.469 e. The van der Waals surface area contributed by atoms with E-state index in [4.69, 9.17) is 9.39 Å². The SMILES string of the molecule is COC(=O)C1CC=C(c2ccc(B3OC(C)(C)C(C)(C)C3C)cc2)CC1. The highest BCUT2D eigenvalue weighted by Gasteiger charge is 2.55. The van der Waals surface area contributed by atoms with E-state index in [1.807, 2.05) is 0 Å². The van der Waals surface area contributed by atoms with Crippen molar-refractivity contribution in [3.63, 3.8) is 0 Å². The molecule has 3 nitrogen and oxygen atoms in total. The number of carbonyl (C=O) groups is 1. The Bertz CT molecular complexity index is 703. The van der Waals surface area contributed by atoms with E-state index in [9.17, 15) is 4.79 Å². The van der Waals surface area contributed by atoms with Crippen molar-refractivity contribution < 1.29 is 14.2 Å². The summed E-state index contributed by atoms with van der Waals surface area (Å²) in [6, 6.07) is 8.82. The lowest BCUT2D eigenvalue weighted by Gasteiger charge is -2.36. The molecule has 4 heteroatoms. The van der Waals surface area contributed by atoms with Gasteiger partial charge < -0.3 is 9.39 Å². The summed E-state index contributed by atoms with van der Waals surface area (Å²) in [7, 11) is 1.47. The van der Waals surface area contributed by atoms with Crippen LogP contribution in [0.2, 0.25) is 5.82 Å². The third-order valence-corrected chi connectivity index (χ3v) is 7.12. The molecule has 2 unspecified atom stereocenters. The van der Waals surface area contributed by atoms with Crippen LogP contribution in [0.1, 0.15) is 59.4 Å². The summed E-state index contributed by atoms with van der Waals surface area (Å²) in [5, 5.41) is 0. The molecule has 0 saturated carbocycles. The lowest BCUT2D eigenvalue weighted by molar-refractivity contribution is -0.145. The van der Waals surface area contributed by atoms with Crippen molar-refractivity contribution >= 4 is 23.9 Å². The zero-order chi connectivity index (χ0) is 19.1. The van der Waals surface area contributed by atoms with Gasteiger partial charge in [0.1, 0.15) is 0 Å². The summed E-state index contributed by atoms with van der Waals surface area (Å²) in [4.78, 5) is 11.7. The molecule has 1 fully saturated rings. The van der Waals surface area contributed by atoms with Gasteiger partial charge in [-0.1, -0.05) is 51.1 Å². The molecule has 26 heavy (non-hydrogen) atoms. The van der Waals surface area contributed by atoms with Crippen molar-refractivity contribution in [2.45, 2.75) is 65.3 Å². The third kappa shape index (κ3) is 3.24. The van der Waals surface area contributed by atoms with Crippen LogP contribution in [0.15, 0.2) is 30.3 Å². The molecule has 0 radical (unpaired) electrons. The maximum absolute atomic E-state index is 11.7. The predicted molar refractivity (Wildman–Crippen MR) is 108 cm³/mol. The molecule has 0 aromatic heterocycles. The fraction of sp³-hybridized carbons (Fsp3) is 0.591. The van der Waals surface area contributed by atoms with Crippen LogP contribution in [0.25, 0.3) is 5.57 Å². The van der Waals surface area contributed by atoms with Crippen LogP contribution < -0.4 is 5.46 Å². The lowest BCUT2D eigenvalue weighted by Crippen LogP contribution is -2.36. The second-order valence-corrected chi connectivity index (χ2v) is 8.90. The number of allylic oxidation sites excluding steroid dienone is 2. The van der Waals surface area contributed by atoms with Crippen LogP contribution in [0.3, 0.4) is 0 Å². The predicted octanol–water partition coefficient (Wildman–Crippen LogP) is 4.47. The highest BCUT2D eigenvalue weighted by molar-refractivity contribution is 6.69. The van der Waals surface area contributed by atoms with Gasteiger partial charge in [-0.3, -0.25) is 4.79 Å². The minimum Gasteiger partial charge on any atom is -0.469 e. The van der Waals surface area contributed by atoms with Crippen LogP contribution >= 0.6 is 0 Å². The Morgan fingerprint density at radius 1 is 1.19 bits per heavy atom. The molecule has 140 valence electrons. The van der Waals surface area contributed by atoms with Gasteiger partial charge >= 0.3 is 12.9 Å². The van der Waals surface area contributed by atoms with E-state index in [1.54, 1.807) is 0 Å². The first-order valence-corrected chi connectivity index (χ1v) is 9.72. The highest BCUT2D eigenvalue weighted by atomic mass is 16.5. The number of carbonyl (C=O) groups excluding carboxylic acids is 1. The molecule has 0 N–H and O–H groups in total. The zero-order valence-corrected chi connectivity index (χ0v) is 17.0. The molecule has 1 heterocycles. The van der Waals surface area contributed by atoms with Crippen LogP contribution in [0, 0.1) is 11.3 Å². The number of hydrogen-bond acceptors (Lipinski definition) is 3. The standard InChI is InChI=1S/C22H31BO3/c1-15-21(2,3)22(4,5)26-23(15)19-13-11-17(12-14-19)16-7-9-18(10-8-16)20(24)25-6/h7,11-15,18H,8-10H2,1-6H3. The average Bonchev–Trinajstić information content (AvgIpc) is 2.80. The molecular formula is C22H31BO3. The molecule has 0 spiro atoms. The minimum atomic E-state index is -0.134. The topological polar surface area (TPSA) is 35.5 Å². The second kappa shape index (κ2) is 6.88. The summed E-state index contributed by atoms with van der Waals surface area (Å²) in [6.45, 7) is 11.4. The maximum Gasteiger partial charge on any atom is 0.330 e. The summed E-state index contributed by atoms with van der Waals surface area (Å²) >= 11 is 0. The smallest absolute Gasteiger partial charge is 0.330 e. The average molecular weight is 354 g/mol. The minimum absolute atomic E-state index is 0.0141. The lowest BCUT2D eigenvalue weighted by atomic mass is 9.46. The molecule has 3 rings (SSSR count). The molecule has 1 aliphatic heterocycles. The summed E-state index contributed by atoms with van der Waals surface area (Å²) in [5.41, 5.74) is 3.83. The monoisotopic (exact) mass is 354 g/mol. The van der Waals surface area contributed by atoms with Gasteiger partial charge in [-0.15, -0.1) is 0 Å². The van der Waals surface area contributed by atoms with Gasteiger partial charge in [-0.05, 0) is 60.9 Å². The van der Waals surface area contributed by atoms with Crippen molar-refractivity contribution in [3.05, 3.63) is 35.9 Å². The van der Waals surface area contributed by atoms with E-state index in [0.29, 0.717) is 5.82 Å². The molecule has 1 aromatic carbocycles. The van der Waals surface area contributed by atoms with Crippen molar-refractivity contribution in [1.82, 2.24) is 0 Å². The fourth-order valence-corrected chi connectivity index (χ4v) is 4.22. The molecule has 0 bridgehead atoms. The summed E-state index contributed by atoms with van der Waals surface area (Å²) in [6.07, 6.45) is 4.76. The van der Waals surface area contributed by atoms with E-state index in [2.05, 4.69) is 65.0 Å². The number of methoxy groups -OCH3 is 1. The van der Waals surface area contributed by atoms with Gasteiger partial charge in [-0.25, -0.2) is 0 Å². The van der Waals surface area contributed by atoms with Crippen molar-refractivity contribution in [3.8, 4) is 0 Å². The van der Waals surface area contributed by atoms with Gasteiger partial charge in [0.05, 0.1) is 18.6 Å². The molecule has 0 amide bonds. The number of rotatable bonds is 3. The first-order chi connectivity index (χ1) is 12.2. The molecule has 2 atom stereocenters. The van der Waals surface area contributed by atoms with E-state index >= 15 is 0 Å². The Labute approximate surface area is 158 Å².